The van der Waals surface area contributed by atoms with Crippen molar-refractivity contribution < 1.29 is 14.2 Å². The fourth-order valence-electron chi connectivity index (χ4n) is 2.09. The molecule has 1 aliphatic rings. The molecule has 0 N–H and O–H groups in total. The lowest BCUT2D eigenvalue weighted by Crippen LogP contribution is -2.33. The lowest BCUT2D eigenvalue weighted by Gasteiger charge is -2.24. The molecular weight excluding hydrogens is 216 g/mol. The highest BCUT2D eigenvalue weighted by atomic mass is 16.7. The molecule has 1 atom stereocenters. The van der Waals surface area contributed by atoms with Gasteiger partial charge in [0.25, 0.3) is 0 Å². The van der Waals surface area contributed by atoms with Gasteiger partial charge in [-0.15, -0.1) is 0 Å². The van der Waals surface area contributed by atoms with Gasteiger partial charge in [-0.2, -0.15) is 0 Å². The van der Waals surface area contributed by atoms with Gasteiger partial charge in [0.1, 0.15) is 18.1 Å². The van der Waals surface area contributed by atoms with E-state index in [-0.39, 0.29) is 11.7 Å². The first-order valence-corrected chi connectivity index (χ1v) is 5.67. The van der Waals surface area contributed by atoms with E-state index in [9.17, 15) is 0 Å². The minimum Gasteiger partial charge on any atom is -0.490 e. The number of fused-ring (bicyclic) bond motifs is 1. The largest absolute Gasteiger partial charge is 0.490 e. The third-order valence-electron chi connectivity index (χ3n) is 3.05. The first-order valence-electron chi connectivity index (χ1n) is 5.67. The molecule has 1 heterocycles. The molecular formula is C14H18O3. The maximum absolute atomic E-state index is 5.73. The van der Waals surface area contributed by atoms with E-state index in [1.54, 1.807) is 13.2 Å². The van der Waals surface area contributed by atoms with Crippen LogP contribution in [0, 0.1) is 0 Å². The SMILES string of the molecule is C=CCOc1ccc2c(c1)C(C)(C)C(OC)O2. The van der Waals surface area contributed by atoms with Crippen molar-refractivity contribution in [1.29, 1.82) is 0 Å². The molecule has 0 amide bonds. The average molecular weight is 234 g/mol. The summed E-state index contributed by atoms with van der Waals surface area (Å²) in [5.41, 5.74) is 0.948. The first-order chi connectivity index (χ1) is 8.09. The van der Waals surface area contributed by atoms with Crippen molar-refractivity contribution in [2.24, 2.45) is 0 Å². The van der Waals surface area contributed by atoms with Gasteiger partial charge in [0.15, 0.2) is 0 Å². The Morgan fingerprint density at radius 2 is 2.24 bits per heavy atom. The molecule has 17 heavy (non-hydrogen) atoms. The number of rotatable bonds is 4. The molecule has 0 bridgehead atoms. The maximum Gasteiger partial charge on any atom is 0.208 e. The van der Waals surface area contributed by atoms with Crippen LogP contribution in [-0.4, -0.2) is 20.0 Å². The molecule has 0 saturated carbocycles. The Balaban J connectivity index is 2.31. The van der Waals surface area contributed by atoms with Gasteiger partial charge in [0.05, 0.1) is 5.41 Å². The molecule has 92 valence electrons. The van der Waals surface area contributed by atoms with E-state index < -0.39 is 0 Å². The number of ether oxygens (including phenoxy) is 3. The van der Waals surface area contributed by atoms with Crippen LogP contribution in [0.1, 0.15) is 19.4 Å². The van der Waals surface area contributed by atoms with Gasteiger partial charge in [0, 0.05) is 12.7 Å². The summed E-state index contributed by atoms with van der Waals surface area (Å²) in [6.45, 7) is 8.34. The average Bonchev–Trinajstić information content (AvgIpc) is 2.58. The Labute approximate surface area is 102 Å². The van der Waals surface area contributed by atoms with Crippen LogP contribution in [-0.2, 0) is 10.2 Å². The van der Waals surface area contributed by atoms with Crippen LogP contribution < -0.4 is 9.47 Å². The summed E-state index contributed by atoms with van der Waals surface area (Å²) in [5.74, 6) is 1.70. The van der Waals surface area contributed by atoms with Crippen LogP contribution in [0.25, 0.3) is 0 Å². The molecule has 1 aliphatic heterocycles. The predicted octanol–water partition coefficient (Wildman–Crippen LogP) is 2.89. The zero-order valence-corrected chi connectivity index (χ0v) is 10.5. The van der Waals surface area contributed by atoms with Crippen molar-refractivity contribution >= 4 is 0 Å². The van der Waals surface area contributed by atoms with Crippen LogP contribution >= 0.6 is 0 Å². The third kappa shape index (κ3) is 2.03. The smallest absolute Gasteiger partial charge is 0.208 e. The number of hydrogen-bond donors (Lipinski definition) is 0. The van der Waals surface area contributed by atoms with Gasteiger partial charge in [-0.1, -0.05) is 12.7 Å². The summed E-state index contributed by atoms with van der Waals surface area (Å²) in [7, 11) is 1.66. The maximum atomic E-state index is 5.73. The monoisotopic (exact) mass is 234 g/mol. The highest BCUT2D eigenvalue weighted by Crippen LogP contribution is 2.44. The van der Waals surface area contributed by atoms with Crippen molar-refractivity contribution in [2.75, 3.05) is 13.7 Å². The fourth-order valence-corrected chi connectivity index (χ4v) is 2.09. The number of hydrogen-bond acceptors (Lipinski definition) is 3. The van der Waals surface area contributed by atoms with Gasteiger partial charge < -0.3 is 14.2 Å². The zero-order chi connectivity index (χ0) is 12.5. The number of methoxy groups -OCH3 is 1. The number of benzene rings is 1. The highest BCUT2D eigenvalue weighted by molar-refractivity contribution is 5.48. The quantitative estimate of drug-likeness (QED) is 0.750. The van der Waals surface area contributed by atoms with E-state index >= 15 is 0 Å². The van der Waals surface area contributed by atoms with Crippen LogP contribution in [0.3, 0.4) is 0 Å². The van der Waals surface area contributed by atoms with E-state index in [0.717, 1.165) is 17.1 Å². The van der Waals surface area contributed by atoms with Crippen molar-refractivity contribution in [2.45, 2.75) is 25.6 Å². The Kier molecular flexibility index (Phi) is 3.11. The molecule has 3 nitrogen and oxygen atoms in total. The summed E-state index contributed by atoms with van der Waals surface area (Å²) >= 11 is 0. The molecule has 3 heteroatoms. The summed E-state index contributed by atoms with van der Waals surface area (Å²) in [6, 6.07) is 5.84. The Morgan fingerprint density at radius 3 is 2.88 bits per heavy atom. The normalized spacial score (nSPS) is 20.5. The van der Waals surface area contributed by atoms with Crippen molar-refractivity contribution in [3.8, 4) is 11.5 Å². The second-order valence-electron chi connectivity index (χ2n) is 4.66. The minimum absolute atomic E-state index is 0.169. The van der Waals surface area contributed by atoms with Gasteiger partial charge >= 0.3 is 0 Å². The van der Waals surface area contributed by atoms with E-state index in [1.165, 1.54) is 0 Å². The molecule has 0 spiro atoms. The van der Waals surface area contributed by atoms with Crippen molar-refractivity contribution in [3.63, 3.8) is 0 Å². The van der Waals surface area contributed by atoms with E-state index in [4.69, 9.17) is 14.2 Å². The van der Waals surface area contributed by atoms with Crippen molar-refractivity contribution in [1.82, 2.24) is 0 Å². The topological polar surface area (TPSA) is 27.7 Å². The van der Waals surface area contributed by atoms with Gasteiger partial charge in [-0.25, -0.2) is 0 Å². The third-order valence-corrected chi connectivity index (χ3v) is 3.05. The second-order valence-corrected chi connectivity index (χ2v) is 4.66. The standard InChI is InChI=1S/C14H18O3/c1-5-8-16-10-6-7-12-11(9-10)14(2,3)13(15-4)17-12/h5-7,9,13H,1,8H2,2-4H3. The van der Waals surface area contributed by atoms with Crippen LogP contribution in [0.15, 0.2) is 30.9 Å². The molecule has 0 saturated heterocycles. The molecule has 0 aromatic heterocycles. The molecule has 0 aliphatic carbocycles. The van der Waals surface area contributed by atoms with E-state index in [2.05, 4.69) is 20.4 Å². The first kappa shape index (κ1) is 12.0. The van der Waals surface area contributed by atoms with Gasteiger partial charge in [-0.3, -0.25) is 0 Å². The molecule has 2 rings (SSSR count). The molecule has 1 aromatic rings. The summed E-state index contributed by atoms with van der Waals surface area (Å²) in [5, 5.41) is 0. The summed E-state index contributed by atoms with van der Waals surface area (Å²) < 4.78 is 16.6. The van der Waals surface area contributed by atoms with Crippen LogP contribution in [0.2, 0.25) is 0 Å². The molecule has 0 radical (unpaired) electrons. The van der Waals surface area contributed by atoms with Gasteiger partial charge in [-0.05, 0) is 32.0 Å². The zero-order valence-electron chi connectivity index (χ0n) is 10.5. The van der Waals surface area contributed by atoms with E-state index in [0.29, 0.717) is 6.61 Å². The van der Waals surface area contributed by atoms with Crippen molar-refractivity contribution in [3.05, 3.63) is 36.4 Å². The lowest BCUT2D eigenvalue weighted by atomic mass is 9.85. The summed E-state index contributed by atoms with van der Waals surface area (Å²) in [6.07, 6.45) is 1.49. The summed E-state index contributed by atoms with van der Waals surface area (Å²) in [4.78, 5) is 0. The molecule has 1 aromatic carbocycles. The Bertz CT molecular complexity index is 423. The van der Waals surface area contributed by atoms with E-state index in [1.807, 2.05) is 18.2 Å². The minimum atomic E-state index is -0.243. The molecule has 1 unspecified atom stereocenters. The van der Waals surface area contributed by atoms with Gasteiger partial charge in [0.2, 0.25) is 6.29 Å². The van der Waals surface area contributed by atoms with Crippen LogP contribution in [0.4, 0.5) is 0 Å². The fraction of sp³-hybridized carbons (Fsp3) is 0.429. The second kappa shape index (κ2) is 4.41. The van der Waals surface area contributed by atoms with Crippen LogP contribution in [0.5, 0.6) is 11.5 Å². The highest BCUT2D eigenvalue weighted by Gasteiger charge is 2.42. The Morgan fingerprint density at radius 1 is 1.47 bits per heavy atom. The molecule has 0 fully saturated rings. The lowest BCUT2D eigenvalue weighted by molar-refractivity contribution is -0.0779. The Hall–Kier alpha value is -1.48. The predicted molar refractivity (Wildman–Crippen MR) is 66.6 cm³/mol.